The number of benzene rings is 3. The van der Waals surface area contributed by atoms with Crippen LogP contribution < -0.4 is 16.0 Å². The van der Waals surface area contributed by atoms with Crippen molar-refractivity contribution in [3.8, 4) is 0 Å². The van der Waals surface area contributed by atoms with E-state index in [1.54, 1.807) is 36.4 Å². The predicted molar refractivity (Wildman–Crippen MR) is 123 cm³/mol. The largest absolute Gasteiger partial charge is 0.325 e. The summed E-state index contributed by atoms with van der Waals surface area (Å²) in [5, 5.41) is 8.14. The van der Waals surface area contributed by atoms with Crippen molar-refractivity contribution >= 4 is 34.8 Å². The van der Waals surface area contributed by atoms with Crippen molar-refractivity contribution < 1.29 is 14.4 Å². The molecule has 6 heteroatoms. The monoisotopic (exact) mass is 415 g/mol. The maximum absolute atomic E-state index is 13.1. The van der Waals surface area contributed by atoms with E-state index in [0.29, 0.717) is 17.1 Å². The van der Waals surface area contributed by atoms with Crippen LogP contribution in [-0.4, -0.2) is 17.7 Å². The van der Waals surface area contributed by atoms with Gasteiger partial charge in [0.1, 0.15) is 0 Å². The van der Waals surface area contributed by atoms with Gasteiger partial charge in [-0.15, -0.1) is 0 Å². The van der Waals surface area contributed by atoms with Crippen LogP contribution in [-0.2, 0) is 14.4 Å². The first-order chi connectivity index (χ1) is 14.9. The molecule has 0 fully saturated rings. The van der Waals surface area contributed by atoms with Gasteiger partial charge in [0, 0.05) is 17.1 Å². The molecule has 0 atom stereocenters. The number of carbonyl (C=O) groups is 3. The highest BCUT2D eigenvalue weighted by Crippen LogP contribution is 2.20. The van der Waals surface area contributed by atoms with Gasteiger partial charge in [-0.05, 0) is 55.7 Å². The highest BCUT2D eigenvalue weighted by molar-refractivity contribution is 6.26. The van der Waals surface area contributed by atoms with Gasteiger partial charge in [0.2, 0.25) is 17.7 Å². The summed E-state index contributed by atoms with van der Waals surface area (Å²) in [5.41, 5.74) is 4.12. The Hall–Kier alpha value is -3.93. The van der Waals surface area contributed by atoms with E-state index in [0.717, 1.165) is 16.7 Å². The Kier molecular flexibility index (Phi) is 6.82. The van der Waals surface area contributed by atoms with Crippen molar-refractivity contribution in [2.75, 3.05) is 16.0 Å². The van der Waals surface area contributed by atoms with Crippen LogP contribution in [0, 0.1) is 26.7 Å². The van der Waals surface area contributed by atoms with Crippen LogP contribution in [0.1, 0.15) is 16.7 Å². The molecule has 158 valence electrons. The highest BCUT2D eigenvalue weighted by atomic mass is 16.2. The number of amides is 3. The molecule has 3 aromatic carbocycles. The van der Waals surface area contributed by atoms with Gasteiger partial charge in [0.05, 0.1) is 0 Å². The molecule has 0 unspecified atom stereocenters. The summed E-state index contributed by atoms with van der Waals surface area (Å²) in [5.74, 6) is -3.69. The molecule has 0 saturated heterocycles. The van der Waals surface area contributed by atoms with E-state index in [9.17, 15) is 14.4 Å². The lowest BCUT2D eigenvalue weighted by Gasteiger charge is -2.19. The molecule has 0 aliphatic heterocycles. The summed E-state index contributed by atoms with van der Waals surface area (Å²) < 4.78 is 0. The summed E-state index contributed by atoms with van der Waals surface area (Å²) in [6.07, 6.45) is 0. The zero-order chi connectivity index (χ0) is 22.4. The van der Waals surface area contributed by atoms with Crippen molar-refractivity contribution in [2.45, 2.75) is 20.8 Å². The second-order valence-corrected chi connectivity index (χ2v) is 7.35. The molecular weight excluding hydrogens is 390 g/mol. The zero-order valence-electron chi connectivity index (χ0n) is 17.7. The lowest BCUT2D eigenvalue weighted by Crippen LogP contribution is -2.42. The normalized spacial score (nSPS) is 10.5. The Morgan fingerprint density at radius 1 is 0.516 bits per heavy atom. The third kappa shape index (κ3) is 5.36. The number of para-hydroxylation sites is 3. The minimum atomic E-state index is -1.58. The van der Waals surface area contributed by atoms with Crippen LogP contribution in [0.3, 0.4) is 0 Å². The quantitative estimate of drug-likeness (QED) is 0.520. The first-order valence-corrected chi connectivity index (χ1v) is 9.96. The molecule has 6 nitrogen and oxygen atoms in total. The molecule has 0 radical (unpaired) electrons. The zero-order valence-corrected chi connectivity index (χ0v) is 17.7. The predicted octanol–water partition coefficient (Wildman–Crippen LogP) is 4.44. The maximum Gasteiger partial charge on any atom is 0.246 e. The third-order valence-electron chi connectivity index (χ3n) is 5.00. The molecular formula is C25H25N3O3. The van der Waals surface area contributed by atoms with Gasteiger partial charge in [0.25, 0.3) is 0 Å². The molecule has 3 rings (SSSR count). The lowest BCUT2D eigenvalue weighted by atomic mass is 10.0. The van der Waals surface area contributed by atoms with Gasteiger partial charge >= 0.3 is 0 Å². The number of rotatable bonds is 6. The average Bonchev–Trinajstić information content (AvgIpc) is 2.73. The number of aryl methyl sites for hydroxylation is 3. The van der Waals surface area contributed by atoms with E-state index in [1.165, 1.54) is 0 Å². The number of carbonyl (C=O) groups excluding carboxylic acids is 3. The van der Waals surface area contributed by atoms with Crippen LogP contribution in [0.5, 0.6) is 0 Å². The fourth-order valence-corrected chi connectivity index (χ4v) is 3.11. The molecule has 0 bridgehead atoms. The number of hydrogen-bond acceptors (Lipinski definition) is 3. The van der Waals surface area contributed by atoms with Gasteiger partial charge in [-0.25, -0.2) is 0 Å². The van der Waals surface area contributed by atoms with Crippen LogP contribution in [0.2, 0.25) is 0 Å². The Morgan fingerprint density at radius 2 is 0.774 bits per heavy atom. The molecule has 0 heterocycles. The molecule has 3 aromatic rings. The maximum atomic E-state index is 13.1. The SMILES string of the molecule is Cc1ccccc1NC(=O)C(C(=O)Nc1ccccc1C)C(=O)Nc1ccccc1C. The summed E-state index contributed by atoms with van der Waals surface area (Å²) >= 11 is 0. The first-order valence-electron chi connectivity index (χ1n) is 9.96. The van der Waals surface area contributed by atoms with E-state index in [1.807, 2.05) is 57.2 Å². The van der Waals surface area contributed by atoms with E-state index in [-0.39, 0.29) is 0 Å². The van der Waals surface area contributed by atoms with Crippen molar-refractivity contribution in [3.05, 3.63) is 89.5 Å². The van der Waals surface area contributed by atoms with E-state index < -0.39 is 23.6 Å². The molecule has 0 saturated carbocycles. The molecule has 0 aliphatic rings. The number of nitrogens with one attached hydrogen (secondary N) is 3. The van der Waals surface area contributed by atoms with Gasteiger partial charge in [-0.3, -0.25) is 14.4 Å². The smallest absolute Gasteiger partial charge is 0.246 e. The topological polar surface area (TPSA) is 87.3 Å². The first kappa shape index (κ1) is 21.8. The van der Waals surface area contributed by atoms with Gasteiger partial charge < -0.3 is 16.0 Å². The Bertz CT molecular complexity index is 983. The number of hydrogen-bond donors (Lipinski definition) is 3. The van der Waals surface area contributed by atoms with E-state index in [4.69, 9.17) is 0 Å². The van der Waals surface area contributed by atoms with Crippen LogP contribution in [0.4, 0.5) is 17.1 Å². The number of anilines is 3. The van der Waals surface area contributed by atoms with Crippen LogP contribution >= 0.6 is 0 Å². The van der Waals surface area contributed by atoms with E-state index >= 15 is 0 Å². The fraction of sp³-hybridized carbons (Fsp3) is 0.160. The molecule has 0 aromatic heterocycles. The summed E-state index contributed by atoms with van der Waals surface area (Å²) in [6.45, 7) is 5.52. The standard InChI is InChI=1S/C25H25N3O3/c1-16-10-4-7-13-19(16)26-23(29)22(24(30)27-20-14-8-5-11-17(20)2)25(31)28-21-15-9-6-12-18(21)3/h4-15,22H,1-3H3,(H,26,29)(H,27,30)(H,28,31). The Labute approximate surface area is 181 Å². The Morgan fingerprint density at radius 3 is 1.03 bits per heavy atom. The second kappa shape index (κ2) is 9.71. The molecule has 0 aliphatic carbocycles. The van der Waals surface area contributed by atoms with Crippen molar-refractivity contribution in [1.29, 1.82) is 0 Å². The molecule has 0 spiro atoms. The average molecular weight is 415 g/mol. The van der Waals surface area contributed by atoms with E-state index in [2.05, 4.69) is 16.0 Å². The van der Waals surface area contributed by atoms with Crippen molar-refractivity contribution in [2.24, 2.45) is 5.92 Å². The fourth-order valence-electron chi connectivity index (χ4n) is 3.11. The lowest BCUT2D eigenvalue weighted by molar-refractivity contribution is -0.136. The summed E-state index contributed by atoms with van der Waals surface area (Å²) in [4.78, 5) is 39.2. The minimum absolute atomic E-state index is 0.546. The molecule has 31 heavy (non-hydrogen) atoms. The summed E-state index contributed by atoms with van der Waals surface area (Å²) in [6, 6.07) is 21.6. The van der Waals surface area contributed by atoms with Gasteiger partial charge in [0.15, 0.2) is 5.92 Å². The molecule has 3 amide bonds. The highest BCUT2D eigenvalue weighted by Gasteiger charge is 2.35. The summed E-state index contributed by atoms with van der Waals surface area (Å²) in [7, 11) is 0. The van der Waals surface area contributed by atoms with Crippen LogP contribution in [0.25, 0.3) is 0 Å². The van der Waals surface area contributed by atoms with Crippen LogP contribution in [0.15, 0.2) is 72.8 Å². The third-order valence-corrected chi connectivity index (χ3v) is 5.00. The second-order valence-electron chi connectivity index (χ2n) is 7.35. The minimum Gasteiger partial charge on any atom is -0.325 e. The van der Waals surface area contributed by atoms with Gasteiger partial charge in [-0.1, -0.05) is 54.6 Å². The van der Waals surface area contributed by atoms with Crippen molar-refractivity contribution in [3.63, 3.8) is 0 Å². The molecule has 3 N–H and O–H groups in total. The van der Waals surface area contributed by atoms with Crippen molar-refractivity contribution in [1.82, 2.24) is 0 Å². The van der Waals surface area contributed by atoms with Gasteiger partial charge in [-0.2, -0.15) is 0 Å². The Balaban J connectivity index is 1.88.